The molecule has 4 heterocycles. The van der Waals surface area contributed by atoms with Crippen LogP contribution in [0.25, 0.3) is 5.78 Å². The molecule has 0 saturated carbocycles. The van der Waals surface area contributed by atoms with E-state index in [2.05, 4.69) is 43.2 Å². The van der Waals surface area contributed by atoms with E-state index in [0.717, 1.165) is 55.1 Å². The molecule has 140 valence electrons. The molecule has 3 aromatic rings. The molecule has 0 aromatic carbocycles. The Morgan fingerprint density at radius 3 is 3.07 bits per heavy atom. The molecule has 0 N–H and O–H groups in total. The van der Waals surface area contributed by atoms with Crippen LogP contribution in [0.2, 0.25) is 0 Å². The molecular formula is C19H23N7O. The minimum Gasteiger partial charge on any atom is -0.476 e. The van der Waals surface area contributed by atoms with Crippen LogP contribution in [0, 0.1) is 19.8 Å². The van der Waals surface area contributed by atoms with Gasteiger partial charge in [0.15, 0.2) is 0 Å². The maximum absolute atomic E-state index is 5.98. The largest absolute Gasteiger partial charge is 0.476 e. The first-order valence-electron chi connectivity index (χ1n) is 9.59. The highest BCUT2D eigenvalue weighted by molar-refractivity contribution is 5.54. The number of hydrogen-bond acceptors (Lipinski definition) is 7. The van der Waals surface area contributed by atoms with Gasteiger partial charge in [-0.15, -0.1) is 5.10 Å². The standard InChI is InChI=1S/C19H23N7O/c1-12-13(2)22-19-20-11-21-26(19)18(12)25-7-6-14(9-25)10-27-17-8-15-4-3-5-16(15)23-24-17/h8,11,14H,3-7,9-10H2,1-2H3. The number of nitrogens with zero attached hydrogens (tertiary/aromatic N) is 7. The third-order valence-corrected chi connectivity index (χ3v) is 5.73. The summed E-state index contributed by atoms with van der Waals surface area (Å²) in [6.07, 6.45) is 5.95. The lowest BCUT2D eigenvalue weighted by atomic mass is 10.1. The van der Waals surface area contributed by atoms with Crippen molar-refractivity contribution in [1.82, 2.24) is 29.8 Å². The SMILES string of the molecule is Cc1nc2ncnn2c(N2CCC(COc3cc4c(nn3)CCC4)C2)c1C. The fourth-order valence-corrected chi connectivity index (χ4v) is 4.13. The van der Waals surface area contributed by atoms with Gasteiger partial charge in [0.1, 0.15) is 12.1 Å². The van der Waals surface area contributed by atoms with Crippen molar-refractivity contribution >= 4 is 11.6 Å². The van der Waals surface area contributed by atoms with Crippen molar-refractivity contribution < 1.29 is 4.74 Å². The fourth-order valence-electron chi connectivity index (χ4n) is 4.13. The van der Waals surface area contributed by atoms with Gasteiger partial charge in [0.25, 0.3) is 5.78 Å². The van der Waals surface area contributed by atoms with E-state index >= 15 is 0 Å². The number of rotatable bonds is 4. The quantitative estimate of drug-likeness (QED) is 0.699. The van der Waals surface area contributed by atoms with Crippen LogP contribution in [-0.4, -0.2) is 49.5 Å². The van der Waals surface area contributed by atoms with Crippen LogP contribution in [0.4, 0.5) is 5.82 Å². The molecule has 2 aliphatic rings. The van der Waals surface area contributed by atoms with Gasteiger partial charge in [-0.3, -0.25) is 0 Å². The van der Waals surface area contributed by atoms with Gasteiger partial charge in [-0.25, -0.2) is 4.98 Å². The average molecular weight is 365 g/mol. The van der Waals surface area contributed by atoms with Crippen molar-refractivity contribution in [2.75, 3.05) is 24.6 Å². The van der Waals surface area contributed by atoms with E-state index in [9.17, 15) is 0 Å². The highest BCUT2D eigenvalue weighted by atomic mass is 16.5. The van der Waals surface area contributed by atoms with Crippen LogP contribution in [0.1, 0.15) is 35.4 Å². The molecule has 8 heteroatoms. The van der Waals surface area contributed by atoms with E-state index in [1.54, 1.807) is 6.33 Å². The predicted molar refractivity (Wildman–Crippen MR) is 100 cm³/mol. The van der Waals surface area contributed by atoms with Crippen molar-refractivity contribution in [2.45, 2.75) is 39.5 Å². The van der Waals surface area contributed by atoms with Crippen LogP contribution in [0.3, 0.4) is 0 Å². The average Bonchev–Trinajstić information content (AvgIpc) is 3.40. The molecule has 1 aliphatic carbocycles. The lowest BCUT2D eigenvalue weighted by Gasteiger charge is -2.22. The number of aromatic nitrogens is 6. The van der Waals surface area contributed by atoms with Crippen molar-refractivity contribution in [1.29, 1.82) is 0 Å². The Hall–Kier alpha value is -2.77. The highest BCUT2D eigenvalue weighted by Gasteiger charge is 2.27. The molecule has 5 rings (SSSR count). The molecule has 1 fully saturated rings. The van der Waals surface area contributed by atoms with Gasteiger partial charge < -0.3 is 9.64 Å². The smallest absolute Gasteiger partial charge is 0.254 e. The number of aryl methyl sites for hydroxylation is 3. The van der Waals surface area contributed by atoms with Crippen molar-refractivity contribution in [2.24, 2.45) is 5.92 Å². The van der Waals surface area contributed by atoms with E-state index in [1.165, 1.54) is 12.0 Å². The highest BCUT2D eigenvalue weighted by Crippen LogP contribution is 2.29. The van der Waals surface area contributed by atoms with Gasteiger partial charge in [0.05, 0.1) is 12.3 Å². The summed E-state index contributed by atoms with van der Waals surface area (Å²) in [4.78, 5) is 11.1. The van der Waals surface area contributed by atoms with Crippen molar-refractivity contribution in [3.05, 3.63) is 34.9 Å². The molecule has 1 unspecified atom stereocenters. The Morgan fingerprint density at radius 1 is 1.22 bits per heavy atom. The van der Waals surface area contributed by atoms with Gasteiger partial charge in [-0.05, 0) is 45.1 Å². The minimum absolute atomic E-state index is 0.450. The number of anilines is 1. The first-order valence-corrected chi connectivity index (χ1v) is 9.59. The summed E-state index contributed by atoms with van der Waals surface area (Å²) in [5.74, 6) is 2.85. The monoisotopic (exact) mass is 365 g/mol. The summed E-state index contributed by atoms with van der Waals surface area (Å²) >= 11 is 0. The lowest BCUT2D eigenvalue weighted by Crippen LogP contribution is -2.26. The van der Waals surface area contributed by atoms with E-state index < -0.39 is 0 Å². The van der Waals surface area contributed by atoms with Crippen LogP contribution < -0.4 is 9.64 Å². The molecule has 0 bridgehead atoms. The maximum Gasteiger partial charge on any atom is 0.254 e. The normalized spacial score (nSPS) is 19.0. The molecule has 8 nitrogen and oxygen atoms in total. The van der Waals surface area contributed by atoms with Crippen LogP contribution in [0.15, 0.2) is 12.4 Å². The van der Waals surface area contributed by atoms with E-state index in [1.807, 2.05) is 11.4 Å². The second-order valence-corrected chi connectivity index (χ2v) is 7.54. The van der Waals surface area contributed by atoms with Gasteiger partial charge in [-0.2, -0.15) is 19.7 Å². The summed E-state index contributed by atoms with van der Waals surface area (Å²) in [7, 11) is 0. The van der Waals surface area contributed by atoms with Gasteiger partial charge in [0.2, 0.25) is 5.88 Å². The predicted octanol–water partition coefficient (Wildman–Crippen LogP) is 1.93. The second kappa shape index (κ2) is 6.44. The summed E-state index contributed by atoms with van der Waals surface area (Å²) in [5.41, 5.74) is 4.58. The summed E-state index contributed by atoms with van der Waals surface area (Å²) in [6, 6.07) is 2.07. The zero-order chi connectivity index (χ0) is 18.4. The molecule has 1 atom stereocenters. The molecule has 3 aromatic heterocycles. The number of hydrogen-bond donors (Lipinski definition) is 0. The summed E-state index contributed by atoms with van der Waals surface area (Å²) < 4.78 is 7.82. The first kappa shape index (κ1) is 16.4. The second-order valence-electron chi connectivity index (χ2n) is 7.54. The van der Waals surface area contributed by atoms with E-state index in [4.69, 9.17) is 4.74 Å². The van der Waals surface area contributed by atoms with E-state index in [-0.39, 0.29) is 0 Å². The van der Waals surface area contributed by atoms with Gasteiger partial charge >= 0.3 is 0 Å². The lowest BCUT2D eigenvalue weighted by molar-refractivity contribution is 0.249. The minimum atomic E-state index is 0.450. The van der Waals surface area contributed by atoms with E-state index in [0.29, 0.717) is 24.2 Å². The topological polar surface area (TPSA) is 81.3 Å². The van der Waals surface area contributed by atoms with Crippen LogP contribution in [-0.2, 0) is 12.8 Å². The maximum atomic E-state index is 5.98. The van der Waals surface area contributed by atoms with Gasteiger partial charge in [-0.1, -0.05) is 0 Å². The Kier molecular flexibility index (Phi) is 3.91. The molecular weight excluding hydrogens is 342 g/mol. The third-order valence-electron chi connectivity index (χ3n) is 5.73. The summed E-state index contributed by atoms with van der Waals surface area (Å²) in [5, 5.41) is 12.9. The van der Waals surface area contributed by atoms with Gasteiger partial charge in [0, 0.05) is 36.3 Å². The Bertz CT molecular complexity index is 999. The number of ether oxygens (including phenoxy) is 1. The summed E-state index contributed by atoms with van der Waals surface area (Å²) in [6.45, 7) is 6.69. The first-order chi connectivity index (χ1) is 13.2. The molecule has 0 amide bonds. The third kappa shape index (κ3) is 2.89. The van der Waals surface area contributed by atoms with Crippen molar-refractivity contribution in [3.63, 3.8) is 0 Å². The van der Waals surface area contributed by atoms with Crippen molar-refractivity contribution in [3.8, 4) is 5.88 Å². The molecule has 27 heavy (non-hydrogen) atoms. The molecule has 0 radical (unpaired) electrons. The Balaban J connectivity index is 1.29. The molecule has 1 saturated heterocycles. The zero-order valence-corrected chi connectivity index (χ0v) is 15.7. The van der Waals surface area contributed by atoms with Crippen LogP contribution >= 0.6 is 0 Å². The zero-order valence-electron chi connectivity index (χ0n) is 15.7. The molecule has 1 aliphatic heterocycles. The molecule has 0 spiro atoms. The van der Waals surface area contributed by atoms with Crippen LogP contribution in [0.5, 0.6) is 5.88 Å². The Morgan fingerprint density at radius 2 is 2.15 bits per heavy atom. The fraction of sp³-hybridized carbons (Fsp3) is 0.526. The number of fused-ring (bicyclic) bond motifs is 2. The Labute approximate surface area is 157 Å².